The Morgan fingerprint density at radius 3 is 2.23 bits per heavy atom. The van der Waals surface area contributed by atoms with Crippen LogP contribution in [0.5, 0.6) is 5.88 Å². The molecule has 11 nitrogen and oxygen atoms in total. The lowest BCUT2D eigenvalue weighted by Crippen LogP contribution is -2.42. The van der Waals surface area contributed by atoms with Gasteiger partial charge in [-0.2, -0.15) is 0 Å². The second kappa shape index (κ2) is 13.6. The molecule has 0 atom stereocenters. The van der Waals surface area contributed by atoms with Crippen molar-refractivity contribution in [2.75, 3.05) is 54.7 Å². The highest BCUT2D eigenvalue weighted by molar-refractivity contribution is 7.92. The van der Waals surface area contributed by atoms with Crippen LogP contribution in [-0.2, 0) is 24.8 Å². The van der Waals surface area contributed by atoms with Gasteiger partial charge in [-0.05, 0) is 54.6 Å². The van der Waals surface area contributed by atoms with Crippen LogP contribution >= 0.6 is 0 Å². The first-order chi connectivity index (χ1) is 22.6. The summed E-state index contributed by atoms with van der Waals surface area (Å²) in [4.78, 5) is 10.0. The quantitative estimate of drug-likeness (QED) is 0.169. The van der Waals surface area contributed by atoms with E-state index < -0.39 is 20.0 Å². The molecule has 5 aromatic rings. The fourth-order valence-electron chi connectivity index (χ4n) is 5.51. The topological polar surface area (TPSA) is 144 Å². The number of morpholine rings is 1. The van der Waals surface area contributed by atoms with Crippen LogP contribution in [0.2, 0.25) is 0 Å². The van der Waals surface area contributed by atoms with Gasteiger partial charge in [0.15, 0.2) is 5.88 Å². The van der Waals surface area contributed by atoms with Gasteiger partial charge in [0.1, 0.15) is 0 Å². The van der Waals surface area contributed by atoms with Crippen molar-refractivity contribution in [1.29, 1.82) is 0 Å². The van der Waals surface area contributed by atoms with Crippen LogP contribution in [-0.4, -0.2) is 83.2 Å². The molecule has 1 fully saturated rings. The summed E-state index contributed by atoms with van der Waals surface area (Å²) in [7, 11) is -7.50. The van der Waals surface area contributed by atoms with E-state index in [1.54, 1.807) is 60.7 Å². The van der Waals surface area contributed by atoms with Gasteiger partial charge in [0.25, 0.3) is 10.0 Å². The number of para-hydroxylation sites is 1. The number of hydrogen-bond donors (Lipinski definition) is 3. The summed E-state index contributed by atoms with van der Waals surface area (Å²) in [5.41, 5.74) is 3.39. The Kier molecular flexibility index (Phi) is 9.32. The zero-order valence-electron chi connectivity index (χ0n) is 25.7. The molecule has 1 aliphatic heterocycles. The fourth-order valence-corrected chi connectivity index (χ4v) is 7.51. The summed E-state index contributed by atoms with van der Waals surface area (Å²) in [6, 6.07) is 29.3. The summed E-state index contributed by atoms with van der Waals surface area (Å²) in [5.74, 6) is -0.170. The number of aromatic hydroxyl groups is 1. The molecule has 0 aliphatic carbocycles. The molecule has 1 saturated heterocycles. The van der Waals surface area contributed by atoms with Crippen molar-refractivity contribution in [2.45, 2.75) is 4.90 Å². The van der Waals surface area contributed by atoms with Crippen LogP contribution in [0.1, 0.15) is 11.1 Å². The SMILES string of the molecule is CS(=O)(=O)N(CCN1CCOCC1)c1ccc(N=C(c2ccccc2)c2c(O)[nH]c3ccc(S(=O)(=O)Nc4ccccc4)cc23)cc1. The van der Waals surface area contributed by atoms with Crippen LogP contribution in [0.3, 0.4) is 0 Å². The number of benzene rings is 4. The lowest BCUT2D eigenvalue weighted by molar-refractivity contribution is 0.0395. The smallest absolute Gasteiger partial charge is 0.261 e. The molecule has 0 unspecified atom stereocenters. The molecule has 2 heterocycles. The largest absolute Gasteiger partial charge is 0.494 e. The Bertz CT molecular complexity index is 2100. The molecule has 1 aliphatic rings. The summed E-state index contributed by atoms with van der Waals surface area (Å²) < 4.78 is 61.5. The van der Waals surface area contributed by atoms with Gasteiger partial charge in [0, 0.05) is 48.3 Å². The van der Waals surface area contributed by atoms with E-state index in [2.05, 4.69) is 14.6 Å². The van der Waals surface area contributed by atoms with Gasteiger partial charge in [0.2, 0.25) is 10.0 Å². The second-order valence-electron chi connectivity index (χ2n) is 11.2. The van der Waals surface area contributed by atoms with Gasteiger partial charge >= 0.3 is 0 Å². The number of aromatic nitrogens is 1. The van der Waals surface area contributed by atoms with Crippen molar-refractivity contribution in [3.05, 3.63) is 114 Å². The third kappa shape index (κ3) is 7.49. The highest BCUT2D eigenvalue weighted by Crippen LogP contribution is 2.34. The minimum atomic E-state index is -3.95. The molecule has 47 heavy (non-hydrogen) atoms. The molecule has 6 rings (SSSR count). The number of ether oxygens (including phenoxy) is 1. The lowest BCUT2D eigenvalue weighted by Gasteiger charge is -2.30. The predicted octanol–water partition coefficient (Wildman–Crippen LogP) is 4.94. The Balaban J connectivity index is 1.37. The third-order valence-electron chi connectivity index (χ3n) is 7.87. The van der Waals surface area contributed by atoms with Gasteiger partial charge in [0.05, 0.1) is 47.0 Å². The summed E-state index contributed by atoms with van der Waals surface area (Å²) in [6.07, 6.45) is 1.19. The minimum Gasteiger partial charge on any atom is -0.494 e. The molecular formula is C34H35N5O6S2. The maximum atomic E-state index is 13.3. The molecule has 0 spiro atoms. The van der Waals surface area contributed by atoms with Gasteiger partial charge in [-0.3, -0.25) is 13.9 Å². The minimum absolute atomic E-state index is 0.0174. The molecular weight excluding hydrogens is 639 g/mol. The number of fused-ring (bicyclic) bond motifs is 1. The first-order valence-electron chi connectivity index (χ1n) is 15.0. The molecule has 4 aromatic carbocycles. The zero-order valence-corrected chi connectivity index (χ0v) is 27.3. The number of nitrogens with one attached hydrogen (secondary N) is 2. The lowest BCUT2D eigenvalue weighted by atomic mass is 10.0. The van der Waals surface area contributed by atoms with Gasteiger partial charge < -0.3 is 14.8 Å². The number of sulfonamides is 2. The van der Waals surface area contributed by atoms with E-state index in [-0.39, 0.29) is 10.8 Å². The van der Waals surface area contributed by atoms with Crippen LogP contribution in [0.15, 0.2) is 113 Å². The molecule has 3 N–H and O–H groups in total. The maximum Gasteiger partial charge on any atom is 0.261 e. The number of anilines is 2. The number of rotatable bonds is 11. The number of hydrogen-bond acceptors (Lipinski definition) is 8. The monoisotopic (exact) mass is 673 g/mol. The normalized spacial score (nSPS) is 14.7. The molecule has 0 radical (unpaired) electrons. The van der Waals surface area contributed by atoms with Gasteiger partial charge in [-0.15, -0.1) is 0 Å². The standard InChI is InChI=1S/C34H35N5O6S2/c1-46(41,42)39(19-18-38-20-22-45-23-21-38)28-14-12-26(13-15-28)35-33(25-8-4-2-5-9-25)32-30-24-29(16-17-31(30)36-34(32)40)47(43,44)37-27-10-6-3-7-11-27/h2-17,24,36-37,40H,18-23H2,1H3. The van der Waals surface area contributed by atoms with E-state index in [4.69, 9.17) is 9.73 Å². The number of aromatic amines is 1. The van der Waals surface area contributed by atoms with Crippen molar-refractivity contribution in [3.8, 4) is 5.88 Å². The Labute approximate surface area is 274 Å². The van der Waals surface area contributed by atoms with Crippen LogP contribution in [0.4, 0.5) is 17.1 Å². The van der Waals surface area contributed by atoms with E-state index in [0.717, 1.165) is 13.1 Å². The van der Waals surface area contributed by atoms with E-state index in [0.29, 0.717) is 71.1 Å². The van der Waals surface area contributed by atoms with E-state index in [1.807, 2.05) is 30.3 Å². The van der Waals surface area contributed by atoms with E-state index in [9.17, 15) is 21.9 Å². The summed E-state index contributed by atoms with van der Waals surface area (Å²) >= 11 is 0. The Hall–Kier alpha value is -4.69. The van der Waals surface area contributed by atoms with Crippen molar-refractivity contribution in [1.82, 2.24) is 9.88 Å². The number of aliphatic imine (C=N–C) groups is 1. The number of nitrogens with zero attached hydrogens (tertiary/aromatic N) is 3. The first kappa shape index (κ1) is 32.3. The van der Waals surface area contributed by atoms with Crippen LogP contribution in [0.25, 0.3) is 10.9 Å². The molecule has 0 bridgehead atoms. The molecule has 13 heteroatoms. The predicted molar refractivity (Wildman–Crippen MR) is 185 cm³/mol. The van der Waals surface area contributed by atoms with Crippen molar-refractivity contribution in [3.63, 3.8) is 0 Å². The van der Waals surface area contributed by atoms with E-state index >= 15 is 0 Å². The average molecular weight is 674 g/mol. The highest BCUT2D eigenvalue weighted by Gasteiger charge is 2.23. The molecule has 0 saturated carbocycles. The molecule has 1 aromatic heterocycles. The zero-order chi connectivity index (χ0) is 33.0. The summed E-state index contributed by atoms with van der Waals surface area (Å²) in [6.45, 7) is 3.64. The van der Waals surface area contributed by atoms with Crippen LogP contribution < -0.4 is 9.03 Å². The third-order valence-corrected chi connectivity index (χ3v) is 10.4. The Morgan fingerprint density at radius 2 is 1.57 bits per heavy atom. The second-order valence-corrected chi connectivity index (χ2v) is 14.7. The van der Waals surface area contributed by atoms with Gasteiger partial charge in [-0.25, -0.2) is 21.8 Å². The van der Waals surface area contributed by atoms with Crippen molar-refractivity contribution in [2.24, 2.45) is 4.99 Å². The Morgan fingerprint density at radius 1 is 0.915 bits per heavy atom. The van der Waals surface area contributed by atoms with E-state index in [1.165, 1.54) is 22.7 Å². The van der Waals surface area contributed by atoms with Gasteiger partial charge in [-0.1, -0.05) is 48.5 Å². The summed E-state index contributed by atoms with van der Waals surface area (Å²) in [5, 5.41) is 11.6. The highest BCUT2D eigenvalue weighted by atomic mass is 32.2. The van der Waals surface area contributed by atoms with Crippen LogP contribution in [0, 0.1) is 0 Å². The molecule has 244 valence electrons. The average Bonchev–Trinajstić information content (AvgIpc) is 3.39. The van der Waals surface area contributed by atoms with Crippen molar-refractivity contribution < 1.29 is 26.7 Å². The first-order valence-corrected chi connectivity index (χ1v) is 18.4. The fraction of sp³-hybridized carbons (Fsp3) is 0.206. The van der Waals surface area contributed by atoms with Crippen molar-refractivity contribution >= 4 is 53.7 Å². The number of H-pyrrole nitrogens is 1. The molecule has 0 amide bonds. The maximum absolute atomic E-state index is 13.3.